The van der Waals surface area contributed by atoms with Gasteiger partial charge < -0.3 is 15.0 Å². The molecule has 5 nitrogen and oxygen atoms in total. The molecule has 0 radical (unpaired) electrons. The van der Waals surface area contributed by atoms with Crippen molar-refractivity contribution >= 4 is 55.0 Å². The second-order valence-corrected chi connectivity index (χ2v) is 8.02. The maximum absolute atomic E-state index is 12.2. The Bertz CT molecular complexity index is 508. The fourth-order valence-corrected chi connectivity index (χ4v) is 4.14. The van der Waals surface area contributed by atoms with Crippen LogP contribution in [0, 0.1) is 0 Å². The van der Waals surface area contributed by atoms with Crippen molar-refractivity contribution in [2.45, 2.75) is 18.9 Å². The third-order valence-electron chi connectivity index (χ3n) is 3.32. The number of ether oxygens (including phenoxy) is 1. The predicted molar refractivity (Wildman–Crippen MR) is 88.7 cm³/mol. The van der Waals surface area contributed by atoms with E-state index in [0.29, 0.717) is 18.0 Å². The van der Waals surface area contributed by atoms with Crippen molar-refractivity contribution < 1.29 is 14.3 Å². The monoisotopic (exact) mass is 438 g/mol. The normalized spacial score (nSPS) is 16.0. The van der Waals surface area contributed by atoms with Crippen molar-refractivity contribution in [3.63, 3.8) is 0 Å². The van der Waals surface area contributed by atoms with Crippen LogP contribution in [0.15, 0.2) is 14.3 Å². The first-order valence-corrected chi connectivity index (χ1v) is 8.94. The molecule has 0 aromatic carbocycles. The summed E-state index contributed by atoms with van der Waals surface area (Å²) in [5.41, 5.74) is 0. The molecule has 1 N–H and O–H groups in total. The number of methoxy groups -OCH3 is 1. The van der Waals surface area contributed by atoms with E-state index in [-0.39, 0.29) is 24.5 Å². The van der Waals surface area contributed by atoms with Crippen molar-refractivity contribution in [3.05, 3.63) is 19.2 Å². The van der Waals surface area contributed by atoms with Crippen LogP contribution < -0.4 is 5.32 Å². The highest BCUT2D eigenvalue weighted by atomic mass is 79.9. The molecule has 1 aromatic rings. The molecule has 0 bridgehead atoms. The zero-order valence-electron chi connectivity index (χ0n) is 11.5. The quantitative estimate of drug-likeness (QED) is 0.784. The van der Waals surface area contributed by atoms with Gasteiger partial charge >= 0.3 is 0 Å². The highest BCUT2D eigenvalue weighted by molar-refractivity contribution is 9.13. The van der Waals surface area contributed by atoms with Gasteiger partial charge in [-0.3, -0.25) is 9.59 Å². The summed E-state index contributed by atoms with van der Waals surface area (Å²) >= 11 is 8.16. The minimum atomic E-state index is -0.0620. The molecule has 0 atom stereocenters. The van der Waals surface area contributed by atoms with Crippen molar-refractivity contribution in [1.82, 2.24) is 10.2 Å². The van der Waals surface area contributed by atoms with Crippen LogP contribution in [0.4, 0.5) is 0 Å². The van der Waals surface area contributed by atoms with Gasteiger partial charge in [0, 0.05) is 30.7 Å². The molecule has 116 valence electrons. The minimum Gasteiger partial charge on any atom is -0.375 e. The Morgan fingerprint density at radius 1 is 1.43 bits per heavy atom. The maximum Gasteiger partial charge on any atom is 0.261 e. The average molecular weight is 440 g/mol. The molecule has 1 aliphatic rings. The lowest BCUT2D eigenvalue weighted by molar-refractivity contribution is -0.136. The van der Waals surface area contributed by atoms with E-state index in [0.717, 1.165) is 21.1 Å². The highest BCUT2D eigenvalue weighted by Gasteiger charge is 2.24. The van der Waals surface area contributed by atoms with Gasteiger partial charge in [0.1, 0.15) is 6.61 Å². The second-order valence-electron chi connectivity index (χ2n) is 4.79. The number of hydrogen-bond donors (Lipinski definition) is 1. The first kappa shape index (κ1) is 16.9. The molecular weight excluding hydrogens is 424 g/mol. The van der Waals surface area contributed by atoms with Crippen LogP contribution in [-0.2, 0) is 9.53 Å². The Morgan fingerprint density at radius 2 is 2.10 bits per heavy atom. The molecule has 2 amide bonds. The summed E-state index contributed by atoms with van der Waals surface area (Å²) in [7, 11) is 1.52. The van der Waals surface area contributed by atoms with Crippen LogP contribution in [0.25, 0.3) is 0 Å². The molecule has 21 heavy (non-hydrogen) atoms. The zero-order chi connectivity index (χ0) is 15.4. The number of carbonyl (C=O) groups is 2. The number of hydrogen-bond acceptors (Lipinski definition) is 4. The fraction of sp³-hybridized carbons (Fsp3) is 0.538. The number of rotatable bonds is 4. The van der Waals surface area contributed by atoms with Gasteiger partial charge in [-0.15, -0.1) is 11.3 Å². The number of nitrogens with zero attached hydrogens (tertiary/aromatic N) is 1. The molecule has 2 heterocycles. The van der Waals surface area contributed by atoms with Gasteiger partial charge in [-0.05, 0) is 50.8 Å². The van der Waals surface area contributed by atoms with E-state index >= 15 is 0 Å². The Balaban J connectivity index is 1.83. The van der Waals surface area contributed by atoms with Crippen LogP contribution in [0.1, 0.15) is 22.5 Å². The Morgan fingerprint density at radius 3 is 2.62 bits per heavy atom. The summed E-state index contributed by atoms with van der Waals surface area (Å²) < 4.78 is 6.65. The molecule has 0 aliphatic carbocycles. The zero-order valence-corrected chi connectivity index (χ0v) is 15.5. The number of carbonyl (C=O) groups excluding carboxylic acids is 2. The van der Waals surface area contributed by atoms with Crippen molar-refractivity contribution in [1.29, 1.82) is 0 Å². The van der Waals surface area contributed by atoms with Crippen LogP contribution in [0.5, 0.6) is 0 Å². The summed E-state index contributed by atoms with van der Waals surface area (Å²) in [5, 5.41) is 3.03. The molecule has 1 fully saturated rings. The first-order chi connectivity index (χ1) is 10.0. The van der Waals surface area contributed by atoms with Gasteiger partial charge in [0.05, 0.1) is 8.66 Å². The largest absolute Gasteiger partial charge is 0.375 e. The van der Waals surface area contributed by atoms with Gasteiger partial charge in [0.2, 0.25) is 5.91 Å². The van der Waals surface area contributed by atoms with Crippen LogP contribution >= 0.6 is 43.2 Å². The number of nitrogens with one attached hydrogen (secondary N) is 1. The Hall–Kier alpha value is -0.440. The van der Waals surface area contributed by atoms with Crippen molar-refractivity contribution in [2.24, 2.45) is 0 Å². The number of amides is 2. The third kappa shape index (κ3) is 4.51. The van der Waals surface area contributed by atoms with Gasteiger partial charge in [0.25, 0.3) is 5.91 Å². The average Bonchev–Trinajstić information content (AvgIpc) is 2.80. The molecule has 1 aliphatic heterocycles. The van der Waals surface area contributed by atoms with Gasteiger partial charge in [-0.25, -0.2) is 0 Å². The summed E-state index contributed by atoms with van der Waals surface area (Å²) in [6.45, 7) is 1.43. The van der Waals surface area contributed by atoms with Gasteiger partial charge in [0.15, 0.2) is 0 Å². The molecule has 1 saturated heterocycles. The smallest absolute Gasteiger partial charge is 0.261 e. The van der Waals surface area contributed by atoms with Crippen LogP contribution in [-0.4, -0.2) is 49.6 Å². The topological polar surface area (TPSA) is 58.6 Å². The SMILES string of the molecule is COCC(=O)N1CCC(NC(=O)c2cc(Br)c(Br)s2)CC1. The standard InChI is InChI=1S/C13H16Br2N2O3S/c1-20-7-11(18)17-4-2-8(3-5-17)16-13(19)10-6-9(14)12(15)21-10/h6,8H,2-5,7H2,1H3,(H,16,19). The van der Waals surface area contributed by atoms with E-state index in [1.165, 1.54) is 18.4 Å². The second kappa shape index (κ2) is 7.71. The fourth-order valence-electron chi connectivity index (χ4n) is 2.20. The number of likely N-dealkylation sites (tertiary alicyclic amines) is 1. The molecule has 0 unspecified atom stereocenters. The molecular formula is C13H16Br2N2O3S. The van der Waals surface area contributed by atoms with E-state index in [1.54, 1.807) is 11.0 Å². The number of halogens is 2. The van der Waals surface area contributed by atoms with Crippen LogP contribution in [0.2, 0.25) is 0 Å². The molecule has 0 spiro atoms. The van der Waals surface area contributed by atoms with Gasteiger partial charge in [-0.1, -0.05) is 0 Å². The number of thiophene rings is 1. The van der Waals surface area contributed by atoms with Crippen LogP contribution in [0.3, 0.4) is 0 Å². The van der Waals surface area contributed by atoms with E-state index in [9.17, 15) is 9.59 Å². The van der Waals surface area contributed by atoms with Crippen molar-refractivity contribution in [2.75, 3.05) is 26.8 Å². The molecule has 1 aromatic heterocycles. The highest BCUT2D eigenvalue weighted by Crippen LogP contribution is 2.32. The predicted octanol–water partition coefficient (Wildman–Crippen LogP) is 2.64. The molecule has 8 heteroatoms. The molecule has 2 rings (SSSR count). The third-order valence-corrected chi connectivity index (χ3v) is 6.57. The van der Waals surface area contributed by atoms with E-state index in [1.807, 2.05) is 0 Å². The first-order valence-electron chi connectivity index (χ1n) is 6.53. The Kier molecular flexibility index (Phi) is 6.21. The minimum absolute atomic E-state index is 0.00777. The summed E-state index contributed by atoms with van der Waals surface area (Å²) in [4.78, 5) is 26.3. The lowest BCUT2D eigenvalue weighted by atomic mass is 10.0. The van der Waals surface area contributed by atoms with E-state index in [2.05, 4.69) is 37.2 Å². The summed E-state index contributed by atoms with van der Waals surface area (Å²) in [6.07, 6.45) is 1.55. The maximum atomic E-state index is 12.2. The van der Waals surface area contributed by atoms with E-state index < -0.39 is 0 Å². The van der Waals surface area contributed by atoms with E-state index in [4.69, 9.17) is 4.74 Å². The summed E-state index contributed by atoms with van der Waals surface area (Å²) in [6, 6.07) is 1.92. The Labute approximate surface area is 144 Å². The summed E-state index contributed by atoms with van der Waals surface area (Å²) in [5.74, 6) is -0.0542. The lowest BCUT2D eigenvalue weighted by Crippen LogP contribution is -2.47. The lowest BCUT2D eigenvalue weighted by Gasteiger charge is -2.32. The molecule has 0 saturated carbocycles. The van der Waals surface area contributed by atoms with Gasteiger partial charge in [-0.2, -0.15) is 0 Å². The van der Waals surface area contributed by atoms with Crippen molar-refractivity contribution in [3.8, 4) is 0 Å². The number of piperidine rings is 1.